The summed E-state index contributed by atoms with van der Waals surface area (Å²) in [5.74, 6) is 1.24. The lowest BCUT2D eigenvalue weighted by Gasteiger charge is -2.15. The van der Waals surface area contributed by atoms with Gasteiger partial charge in [0.2, 0.25) is 0 Å². The average molecular weight is 428 g/mol. The molecule has 1 aliphatic heterocycles. The molecular weight excluding hydrogens is 398 g/mol. The Bertz CT molecular complexity index is 1180. The van der Waals surface area contributed by atoms with Gasteiger partial charge in [0.05, 0.1) is 17.9 Å². The van der Waals surface area contributed by atoms with Gasteiger partial charge in [-0.15, -0.1) is 0 Å². The number of esters is 1. The molecule has 0 radical (unpaired) electrons. The lowest BCUT2D eigenvalue weighted by molar-refractivity contribution is 0.0527. The van der Waals surface area contributed by atoms with Crippen LogP contribution in [0.15, 0.2) is 78.9 Å². The predicted octanol–water partition coefficient (Wildman–Crippen LogP) is 6.89. The molecule has 3 aromatic rings. The number of aromatic nitrogens is 1. The van der Waals surface area contributed by atoms with Gasteiger partial charge in [-0.05, 0) is 25.0 Å². The maximum absolute atomic E-state index is 12.8. The number of hydrogen-bond acceptors (Lipinski definition) is 3. The molecule has 0 aliphatic carbocycles. The maximum atomic E-state index is 12.8. The van der Waals surface area contributed by atoms with Gasteiger partial charge in [0.15, 0.2) is 0 Å². The highest BCUT2D eigenvalue weighted by Crippen LogP contribution is 2.47. The Morgan fingerprint density at radius 3 is 2.41 bits per heavy atom. The van der Waals surface area contributed by atoms with Crippen LogP contribution in [0, 0.1) is 12.3 Å². The summed E-state index contributed by atoms with van der Waals surface area (Å²) in [6.07, 6.45) is 2.45. The quantitative estimate of drug-likeness (QED) is 0.451. The second kappa shape index (κ2) is 8.54. The van der Waals surface area contributed by atoms with E-state index in [1.807, 2.05) is 37.3 Å². The number of ether oxygens (including phenoxy) is 2. The fraction of sp³-hybridized carbons (Fsp3) is 0.250. The van der Waals surface area contributed by atoms with Gasteiger partial charge in [-0.2, -0.15) is 0 Å². The van der Waals surface area contributed by atoms with Crippen LogP contribution in [-0.4, -0.2) is 17.6 Å². The largest absolute Gasteiger partial charge is 0.465 e. The minimum Gasteiger partial charge on any atom is -0.465 e. The van der Waals surface area contributed by atoms with Crippen molar-refractivity contribution in [3.05, 3.63) is 101 Å². The number of allylic oxidation sites excluding steroid dienone is 2. The number of H-pyrrole nitrogens is 1. The number of nitrogens with one attached hydrogen (secondary N) is 1. The Hall–Kier alpha value is -3.53. The highest BCUT2D eigenvalue weighted by molar-refractivity contribution is 6.02. The summed E-state index contributed by atoms with van der Waals surface area (Å²) in [5.41, 5.74) is 6.06. The predicted molar refractivity (Wildman–Crippen MR) is 128 cm³/mol. The van der Waals surface area contributed by atoms with Crippen LogP contribution in [0.2, 0.25) is 0 Å². The SMILES string of the molecule is C=C1OC(=C(c2ccc(C)cc2)c2[nH]cc(C(=O)OCC)c2-c2ccccc2)CC1(C)C. The smallest absolute Gasteiger partial charge is 0.340 e. The fourth-order valence-corrected chi connectivity index (χ4v) is 4.02. The molecule has 1 N–H and O–H groups in total. The molecule has 4 rings (SSSR count). The Balaban J connectivity index is 1.99. The van der Waals surface area contributed by atoms with Crippen molar-refractivity contribution >= 4 is 11.5 Å². The third-order valence-electron chi connectivity index (χ3n) is 5.91. The number of aryl methyl sites for hydroxylation is 1. The van der Waals surface area contributed by atoms with Crippen molar-refractivity contribution in [2.24, 2.45) is 5.41 Å². The van der Waals surface area contributed by atoms with E-state index >= 15 is 0 Å². The van der Waals surface area contributed by atoms with Gasteiger partial charge in [0.25, 0.3) is 0 Å². The maximum Gasteiger partial charge on any atom is 0.340 e. The molecular formula is C28H29NO3. The Morgan fingerprint density at radius 1 is 1.12 bits per heavy atom. The van der Waals surface area contributed by atoms with E-state index in [0.717, 1.165) is 45.9 Å². The van der Waals surface area contributed by atoms with Crippen LogP contribution >= 0.6 is 0 Å². The topological polar surface area (TPSA) is 51.3 Å². The van der Waals surface area contributed by atoms with Crippen molar-refractivity contribution in [3.63, 3.8) is 0 Å². The monoisotopic (exact) mass is 427 g/mol. The van der Waals surface area contributed by atoms with Gasteiger partial charge in [-0.3, -0.25) is 0 Å². The lowest BCUT2D eigenvalue weighted by atomic mass is 9.86. The lowest BCUT2D eigenvalue weighted by Crippen LogP contribution is -2.06. The summed E-state index contributed by atoms with van der Waals surface area (Å²) in [6.45, 7) is 12.6. The summed E-state index contributed by atoms with van der Waals surface area (Å²) < 4.78 is 11.6. The second-order valence-electron chi connectivity index (χ2n) is 8.79. The molecule has 0 amide bonds. The van der Waals surface area contributed by atoms with Crippen molar-refractivity contribution in [2.75, 3.05) is 6.61 Å². The number of carbonyl (C=O) groups excluding carboxylic acids is 1. The van der Waals surface area contributed by atoms with Crippen molar-refractivity contribution in [3.8, 4) is 11.1 Å². The van der Waals surface area contributed by atoms with Gasteiger partial charge >= 0.3 is 5.97 Å². The second-order valence-corrected chi connectivity index (χ2v) is 8.79. The molecule has 2 aromatic carbocycles. The van der Waals surface area contributed by atoms with Crippen LogP contribution < -0.4 is 0 Å². The first kappa shape index (κ1) is 21.7. The van der Waals surface area contributed by atoms with Crippen LogP contribution in [0.5, 0.6) is 0 Å². The summed E-state index contributed by atoms with van der Waals surface area (Å²) in [5, 5.41) is 0. The van der Waals surface area contributed by atoms with Gasteiger partial charge in [0.1, 0.15) is 11.5 Å². The molecule has 32 heavy (non-hydrogen) atoms. The van der Waals surface area contributed by atoms with E-state index in [-0.39, 0.29) is 11.4 Å². The van der Waals surface area contributed by atoms with E-state index in [1.165, 1.54) is 5.56 Å². The van der Waals surface area contributed by atoms with E-state index in [2.05, 4.69) is 56.6 Å². The van der Waals surface area contributed by atoms with Crippen LogP contribution in [-0.2, 0) is 9.47 Å². The molecule has 0 unspecified atom stereocenters. The number of hydrogen-bond donors (Lipinski definition) is 1. The normalized spacial score (nSPS) is 16.6. The molecule has 0 saturated carbocycles. The Morgan fingerprint density at radius 2 is 1.81 bits per heavy atom. The zero-order valence-electron chi connectivity index (χ0n) is 19.1. The Kier molecular flexibility index (Phi) is 5.79. The van der Waals surface area contributed by atoms with Gasteiger partial charge in [-0.25, -0.2) is 4.79 Å². The van der Waals surface area contributed by atoms with Crippen LogP contribution in [0.25, 0.3) is 16.7 Å². The first-order valence-electron chi connectivity index (χ1n) is 10.9. The molecule has 2 heterocycles. The number of aromatic amines is 1. The highest BCUT2D eigenvalue weighted by atomic mass is 16.5. The van der Waals surface area contributed by atoms with E-state index in [4.69, 9.17) is 9.47 Å². The van der Waals surface area contributed by atoms with E-state index < -0.39 is 0 Å². The van der Waals surface area contributed by atoms with E-state index in [9.17, 15) is 4.79 Å². The molecule has 4 heteroatoms. The van der Waals surface area contributed by atoms with Gasteiger partial charge < -0.3 is 14.5 Å². The van der Waals surface area contributed by atoms with Gasteiger partial charge in [0, 0.05) is 29.2 Å². The van der Waals surface area contributed by atoms with Crippen LogP contribution in [0.1, 0.15) is 54.4 Å². The molecule has 1 fully saturated rings. The molecule has 1 saturated heterocycles. The molecule has 0 spiro atoms. The minimum atomic E-state index is -0.348. The molecule has 1 aliphatic rings. The van der Waals surface area contributed by atoms with Crippen LogP contribution in [0.3, 0.4) is 0 Å². The zero-order chi connectivity index (χ0) is 22.9. The average Bonchev–Trinajstić information content (AvgIpc) is 3.31. The summed E-state index contributed by atoms with van der Waals surface area (Å²) in [6, 6.07) is 18.3. The number of rotatable bonds is 5. The first-order valence-corrected chi connectivity index (χ1v) is 10.9. The molecule has 1 aromatic heterocycles. The van der Waals surface area contributed by atoms with Crippen molar-refractivity contribution in [1.29, 1.82) is 0 Å². The first-order chi connectivity index (χ1) is 15.3. The zero-order valence-corrected chi connectivity index (χ0v) is 19.1. The van der Waals surface area contributed by atoms with Crippen LogP contribution in [0.4, 0.5) is 0 Å². The highest BCUT2D eigenvalue weighted by Gasteiger charge is 2.36. The fourth-order valence-electron chi connectivity index (χ4n) is 4.02. The Labute approximate surface area is 189 Å². The third-order valence-corrected chi connectivity index (χ3v) is 5.91. The standard InChI is InChI=1S/C28H29NO3/c1-6-31-27(30)22-17-29-26(24(22)20-10-8-7-9-11-20)25(21-14-12-18(2)13-15-21)23-16-28(4,5)19(3)32-23/h7-15,17,29H,3,6,16H2,1-2,4-5H3. The summed E-state index contributed by atoms with van der Waals surface area (Å²) in [7, 11) is 0. The molecule has 164 valence electrons. The van der Waals surface area contributed by atoms with E-state index in [1.54, 1.807) is 6.20 Å². The minimum absolute atomic E-state index is 0.172. The number of benzene rings is 2. The number of carbonyl (C=O) groups is 1. The van der Waals surface area contributed by atoms with E-state index in [0.29, 0.717) is 12.2 Å². The van der Waals surface area contributed by atoms with Crippen molar-refractivity contribution < 1.29 is 14.3 Å². The molecule has 4 nitrogen and oxygen atoms in total. The molecule has 0 bridgehead atoms. The summed E-state index contributed by atoms with van der Waals surface area (Å²) in [4.78, 5) is 16.2. The van der Waals surface area contributed by atoms with Crippen molar-refractivity contribution in [2.45, 2.75) is 34.1 Å². The molecule has 0 atom stereocenters. The van der Waals surface area contributed by atoms with Crippen molar-refractivity contribution in [1.82, 2.24) is 4.98 Å². The van der Waals surface area contributed by atoms with Gasteiger partial charge in [-0.1, -0.05) is 80.6 Å². The summed E-state index contributed by atoms with van der Waals surface area (Å²) >= 11 is 0. The third kappa shape index (κ3) is 4.01.